The van der Waals surface area contributed by atoms with Crippen molar-refractivity contribution < 1.29 is 9.32 Å². The van der Waals surface area contributed by atoms with Gasteiger partial charge in [0.05, 0.1) is 11.8 Å². The molecule has 1 aliphatic rings. The molecule has 0 aromatic carbocycles. The van der Waals surface area contributed by atoms with E-state index < -0.39 is 0 Å². The summed E-state index contributed by atoms with van der Waals surface area (Å²) in [7, 11) is 0. The highest BCUT2D eigenvalue weighted by Gasteiger charge is 2.32. The van der Waals surface area contributed by atoms with Crippen molar-refractivity contribution in [1.29, 1.82) is 0 Å². The summed E-state index contributed by atoms with van der Waals surface area (Å²) in [5, 5.41) is 3.74. The van der Waals surface area contributed by atoms with Gasteiger partial charge >= 0.3 is 0 Å². The summed E-state index contributed by atoms with van der Waals surface area (Å²) in [5.41, 5.74) is 1.000. The maximum atomic E-state index is 12.3. The lowest BCUT2D eigenvalue weighted by Gasteiger charge is -2.00. The van der Waals surface area contributed by atoms with Gasteiger partial charge in [-0.15, -0.1) is 11.8 Å². The van der Waals surface area contributed by atoms with Gasteiger partial charge in [-0.2, -0.15) is 0 Å². The molecule has 2 heterocycles. The molecule has 0 bridgehead atoms. The van der Waals surface area contributed by atoms with Crippen LogP contribution in [-0.4, -0.2) is 22.2 Å². The van der Waals surface area contributed by atoms with Gasteiger partial charge in [0.25, 0.3) is 0 Å². The Kier molecular flexibility index (Phi) is 2.91. The largest absolute Gasteiger partial charge is 0.360 e. The minimum Gasteiger partial charge on any atom is -0.360 e. The summed E-state index contributed by atoms with van der Waals surface area (Å²) in [6, 6.07) is 3.65. The fourth-order valence-corrected chi connectivity index (χ4v) is 2.19. The lowest BCUT2D eigenvalue weighted by atomic mass is 10.1. The quantitative estimate of drug-likeness (QED) is 0.625. The van der Waals surface area contributed by atoms with Crippen LogP contribution < -0.4 is 0 Å². The summed E-state index contributed by atoms with van der Waals surface area (Å²) in [6.45, 7) is 0. The third kappa shape index (κ3) is 2.06. The van der Waals surface area contributed by atoms with Crippen LogP contribution in [0.15, 0.2) is 33.9 Å². The molecule has 0 unspecified atom stereocenters. The second kappa shape index (κ2) is 4.57. The van der Waals surface area contributed by atoms with Crippen LogP contribution in [-0.2, 0) is 0 Å². The maximum absolute atomic E-state index is 12.3. The van der Waals surface area contributed by atoms with E-state index in [0.717, 1.165) is 23.5 Å². The van der Waals surface area contributed by atoms with Crippen LogP contribution in [0.1, 0.15) is 40.6 Å². The van der Waals surface area contributed by atoms with Crippen molar-refractivity contribution in [2.24, 2.45) is 0 Å². The van der Waals surface area contributed by atoms with Crippen LogP contribution in [0.3, 0.4) is 0 Å². The van der Waals surface area contributed by atoms with E-state index in [1.807, 2.05) is 12.3 Å². The van der Waals surface area contributed by atoms with Gasteiger partial charge < -0.3 is 4.52 Å². The zero-order valence-electron chi connectivity index (χ0n) is 9.92. The lowest BCUT2D eigenvalue weighted by molar-refractivity contribution is 0.103. The molecule has 0 radical (unpaired) electrons. The molecule has 92 valence electrons. The normalized spacial score (nSPS) is 14.7. The van der Waals surface area contributed by atoms with Gasteiger partial charge in [0.15, 0.2) is 5.76 Å². The monoisotopic (exact) mass is 260 g/mol. The predicted molar refractivity (Wildman–Crippen MR) is 67.9 cm³/mol. The highest BCUT2D eigenvalue weighted by atomic mass is 32.2. The van der Waals surface area contributed by atoms with E-state index in [9.17, 15) is 4.79 Å². The number of rotatable bonds is 4. The van der Waals surface area contributed by atoms with E-state index in [2.05, 4.69) is 10.1 Å². The molecule has 1 aliphatic carbocycles. The number of ketones is 1. The minimum absolute atomic E-state index is 0.106. The number of carbonyl (C=O) groups excluding carboxylic acids is 1. The van der Waals surface area contributed by atoms with Crippen LogP contribution in [0.2, 0.25) is 0 Å². The number of carbonyl (C=O) groups is 1. The Balaban J connectivity index is 1.90. The molecule has 0 aliphatic heterocycles. The number of hydrogen-bond donors (Lipinski definition) is 0. The second-order valence-electron chi connectivity index (χ2n) is 4.29. The van der Waals surface area contributed by atoms with Crippen molar-refractivity contribution in [3.63, 3.8) is 0 Å². The Bertz CT molecular complexity index is 573. The average Bonchev–Trinajstić information content (AvgIpc) is 3.15. The van der Waals surface area contributed by atoms with Gasteiger partial charge in [-0.3, -0.25) is 9.78 Å². The average molecular weight is 260 g/mol. The third-order valence-electron chi connectivity index (χ3n) is 3.00. The Morgan fingerprint density at radius 1 is 1.39 bits per heavy atom. The Morgan fingerprint density at radius 2 is 2.22 bits per heavy atom. The summed E-state index contributed by atoms with van der Waals surface area (Å²) in [6.07, 6.45) is 7.34. The minimum atomic E-state index is -0.106. The molecule has 0 spiro atoms. The van der Waals surface area contributed by atoms with Crippen LogP contribution >= 0.6 is 11.8 Å². The van der Waals surface area contributed by atoms with Crippen LogP contribution in [0, 0.1) is 0 Å². The van der Waals surface area contributed by atoms with Crippen LogP contribution in [0.25, 0.3) is 0 Å². The summed E-state index contributed by atoms with van der Waals surface area (Å²) >= 11 is 1.60. The van der Waals surface area contributed by atoms with E-state index in [4.69, 9.17) is 4.52 Å². The number of pyridine rings is 1. The standard InChI is InChI=1S/C13H12N2O2S/c1-18-9-4-5-11(14-6-9)12(16)10-7-15-17-13(10)8-2-3-8/h4-8H,2-3H2,1H3. The molecule has 2 aromatic heterocycles. The SMILES string of the molecule is CSc1ccc(C(=O)c2cnoc2C2CC2)nc1. The van der Waals surface area contributed by atoms with Gasteiger partial charge in [-0.1, -0.05) is 5.16 Å². The van der Waals surface area contributed by atoms with Crippen molar-refractivity contribution in [2.75, 3.05) is 6.26 Å². The summed E-state index contributed by atoms with van der Waals surface area (Å²) in [4.78, 5) is 17.5. The second-order valence-corrected chi connectivity index (χ2v) is 5.17. The molecule has 4 nitrogen and oxygen atoms in total. The van der Waals surface area contributed by atoms with Crippen LogP contribution in [0.4, 0.5) is 0 Å². The first kappa shape index (κ1) is 11.5. The molecule has 1 fully saturated rings. The first-order chi connectivity index (χ1) is 8.79. The highest BCUT2D eigenvalue weighted by Crippen LogP contribution is 2.41. The Hall–Kier alpha value is -1.62. The molecule has 0 N–H and O–H groups in total. The van der Waals surface area contributed by atoms with Gasteiger partial charge in [0.1, 0.15) is 5.69 Å². The molecular weight excluding hydrogens is 248 g/mol. The van der Waals surface area contributed by atoms with E-state index in [0.29, 0.717) is 17.2 Å². The molecular formula is C13H12N2O2S. The summed E-state index contributed by atoms with van der Waals surface area (Å²) < 4.78 is 5.17. The zero-order valence-corrected chi connectivity index (χ0v) is 10.7. The van der Waals surface area contributed by atoms with Crippen molar-refractivity contribution in [3.05, 3.63) is 41.5 Å². The van der Waals surface area contributed by atoms with Crippen molar-refractivity contribution >= 4 is 17.5 Å². The molecule has 1 saturated carbocycles. The zero-order chi connectivity index (χ0) is 12.5. The number of aromatic nitrogens is 2. The number of thioether (sulfide) groups is 1. The van der Waals surface area contributed by atoms with Gasteiger partial charge in [-0.25, -0.2) is 0 Å². The van der Waals surface area contributed by atoms with E-state index in [1.165, 1.54) is 6.20 Å². The first-order valence-electron chi connectivity index (χ1n) is 5.79. The molecule has 0 atom stereocenters. The topological polar surface area (TPSA) is 56.0 Å². The predicted octanol–water partition coefficient (Wildman–Crippen LogP) is 2.90. The van der Waals surface area contributed by atoms with E-state index in [1.54, 1.807) is 24.0 Å². The van der Waals surface area contributed by atoms with Crippen molar-refractivity contribution in [1.82, 2.24) is 10.1 Å². The molecule has 3 rings (SSSR count). The molecule has 0 amide bonds. The van der Waals surface area contributed by atoms with Gasteiger partial charge in [0, 0.05) is 17.0 Å². The van der Waals surface area contributed by atoms with E-state index in [-0.39, 0.29) is 5.78 Å². The Labute approximate surface area is 109 Å². The maximum Gasteiger partial charge on any atom is 0.216 e. The van der Waals surface area contributed by atoms with Gasteiger partial charge in [0.2, 0.25) is 5.78 Å². The number of nitrogens with zero attached hydrogens (tertiary/aromatic N) is 2. The summed E-state index contributed by atoms with van der Waals surface area (Å²) in [5.74, 6) is 0.985. The fraction of sp³-hybridized carbons (Fsp3) is 0.308. The van der Waals surface area contributed by atoms with Crippen molar-refractivity contribution in [2.45, 2.75) is 23.7 Å². The van der Waals surface area contributed by atoms with Crippen molar-refractivity contribution in [3.8, 4) is 0 Å². The number of hydrogen-bond acceptors (Lipinski definition) is 5. The molecule has 5 heteroatoms. The highest BCUT2D eigenvalue weighted by molar-refractivity contribution is 7.98. The third-order valence-corrected chi connectivity index (χ3v) is 3.71. The first-order valence-corrected chi connectivity index (χ1v) is 7.01. The molecule has 0 saturated heterocycles. The fourth-order valence-electron chi connectivity index (χ4n) is 1.83. The molecule has 18 heavy (non-hydrogen) atoms. The Morgan fingerprint density at radius 3 is 2.83 bits per heavy atom. The smallest absolute Gasteiger partial charge is 0.216 e. The molecule has 2 aromatic rings. The van der Waals surface area contributed by atoms with E-state index >= 15 is 0 Å². The van der Waals surface area contributed by atoms with Crippen LogP contribution in [0.5, 0.6) is 0 Å². The lowest BCUT2D eigenvalue weighted by Crippen LogP contribution is -2.05. The van der Waals surface area contributed by atoms with Gasteiger partial charge in [-0.05, 0) is 31.2 Å².